The van der Waals surface area contributed by atoms with Crippen LogP contribution in [0.25, 0.3) is 11.1 Å². The number of rotatable bonds is 17. The number of anilines is 1. The molecule has 6 nitrogen and oxygen atoms in total. The van der Waals surface area contributed by atoms with Gasteiger partial charge in [0.15, 0.2) is 0 Å². The highest BCUT2D eigenvalue weighted by Gasteiger charge is 2.11. The molecule has 6 heteroatoms. The summed E-state index contributed by atoms with van der Waals surface area (Å²) in [6, 6.07) is 41.4. The molecule has 50 heavy (non-hydrogen) atoms. The van der Waals surface area contributed by atoms with Gasteiger partial charge in [-0.05, 0) is 126 Å². The summed E-state index contributed by atoms with van der Waals surface area (Å²) >= 11 is 0. The maximum Gasteiger partial charge on any atom is 0.119 e. The van der Waals surface area contributed by atoms with Crippen LogP contribution in [-0.4, -0.2) is 48.1 Å². The zero-order valence-corrected chi connectivity index (χ0v) is 29.7. The fraction of sp³-hybridized carbons (Fsp3) is 0.227. The zero-order valence-electron chi connectivity index (χ0n) is 29.7. The molecule has 0 aliphatic carbocycles. The van der Waals surface area contributed by atoms with Crippen LogP contribution < -0.4 is 28.6 Å². The van der Waals surface area contributed by atoms with E-state index in [-0.39, 0.29) is 0 Å². The van der Waals surface area contributed by atoms with Crippen molar-refractivity contribution in [2.75, 3.05) is 53.0 Å². The van der Waals surface area contributed by atoms with Gasteiger partial charge in [-0.2, -0.15) is 0 Å². The van der Waals surface area contributed by atoms with E-state index in [4.69, 9.17) is 23.7 Å². The predicted octanol–water partition coefficient (Wildman–Crippen LogP) is 9.97. The maximum atomic E-state index is 5.75. The first kappa shape index (κ1) is 35.7. The molecule has 0 aromatic heterocycles. The van der Waals surface area contributed by atoms with Gasteiger partial charge in [0.05, 0.1) is 35.0 Å². The lowest BCUT2D eigenvalue weighted by Gasteiger charge is -2.25. The van der Waals surface area contributed by atoms with Gasteiger partial charge in [-0.25, -0.2) is 0 Å². The zero-order chi connectivity index (χ0) is 35.1. The summed E-state index contributed by atoms with van der Waals surface area (Å²) in [5, 5.41) is 0. The van der Waals surface area contributed by atoms with Crippen molar-refractivity contribution >= 4 is 16.8 Å². The van der Waals surface area contributed by atoms with Crippen molar-refractivity contribution in [1.82, 2.24) is 0 Å². The molecule has 258 valence electrons. The van der Waals surface area contributed by atoms with Crippen molar-refractivity contribution in [3.63, 3.8) is 0 Å². The van der Waals surface area contributed by atoms with Crippen molar-refractivity contribution in [2.45, 2.75) is 19.8 Å². The number of benzene rings is 5. The van der Waals surface area contributed by atoms with E-state index in [9.17, 15) is 0 Å². The van der Waals surface area contributed by atoms with Gasteiger partial charge in [-0.15, -0.1) is 0 Å². The molecule has 0 unspecified atom stereocenters. The van der Waals surface area contributed by atoms with E-state index in [0.717, 1.165) is 82.6 Å². The predicted molar refractivity (Wildman–Crippen MR) is 205 cm³/mol. The van der Waals surface area contributed by atoms with E-state index in [1.54, 1.807) is 28.4 Å². The second-order valence-corrected chi connectivity index (χ2v) is 11.6. The number of ether oxygens (including phenoxy) is 5. The molecule has 5 aromatic carbocycles. The first-order valence-corrected chi connectivity index (χ1v) is 17.0. The summed E-state index contributed by atoms with van der Waals surface area (Å²) in [4.78, 5) is 2.45. The molecule has 0 heterocycles. The summed E-state index contributed by atoms with van der Waals surface area (Å²) in [6.45, 7) is 4.30. The lowest BCUT2D eigenvalue weighted by molar-refractivity contribution is 0.340. The van der Waals surface area contributed by atoms with Crippen molar-refractivity contribution in [2.24, 2.45) is 0 Å². The molecule has 0 N–H and O–H groups in total. The van der Waals surface area contributed by atoms with Gasteiger partial charge in [0.1, 0.15) is 28.7 Å². The molecular weight excluding hydrogens is 622 g/mol. The Labute approximate surface area is 297 Å². The minimum atomic E-state index is 0.637. The molecule has 0 fully saturated rings. The number of hydrogen-bond donors (Lipinski definition) is 0. The summed E-state index contributed by atoms with van der Waals surface area (Å²) in [5.74, 6) is 4.21. The van der Waals surface area contributed by atoms with Gasteiger partial charge in [0.2, 0.25) is 0 Å². The third-order valence-corrected chi connectivity index (χ3v) is 8.61. The van der Waals surface area contributed by atoms with Gasteiger partial charge in [-0.1, -0.05) is 60.7 Å². The Bertz CT molecular complexity index is 1600. The number of methoxy groups -OCH3 is 4. The van der Waals surface area contributed by atoms with E-state index in [1.807, 2.05) is 55.5 Å². The molecule has 5 aromatic rings. The van der Waals surface area contributed by atoms with Crippen LogP contribution in [0, 0.1) is 0 Å². The molecule has 0 saturated carbocycles. The van der Waals surface area contributed by atoms with E-state index in [2.05, 4.69) is 89.8 Å². The van der Waals surface area contributed by atoms with E-state index >= 15 is 0 Å². The molecule has 5 rings (SSSR count). The molecule has 0 radical (unpaired) electrons. The average molecular weight is 670 g/mol. The van der Waals surface area contributed by atoms with Crippen LogP contribution in [0.4, 0.5) is 5.69 Å². The lowest BCUT2D eigenvalue weighted by Crippen LogP contribution is -2.25. The normalized spacial score (nSPS) is 10.5. The summed E-state index contributed by atoms with van der Waals surface area (Å²) in [5.41, 5.74) is 8.03. The van der Waals surface area contributed by atoms with Gasteiger partial charge < -0.3 is 28.6 Å². The van der Waals surface area contributed by atoms with Crippen molar-refractivity contribution in [1.29, 1.82) is 0 Å². The molecule has 0 spiro atoms. The van der Waals surface area contributed by atoms with Crippen LogP contribution in [0.15, 0.2) is 133 Å². The van der Waals surface area contributed by atoms with Crippen LogP contribution in [0.5, 0.6) is 28.7 Å². The molecule has 0 aliphatic heterocycles. The maximum absolute atomic E-state index is 5.75. The molecular formula is C44H47NO5. The van der Waals surface area contributed by atoms with Crippen LogP contribution in [0.3, 0.4) is 0 Å². The van der Waals surface area contributed by atoms with Crippen LogP contribution in [-0.2, 0) is 0 Å². The van der Waals surface area contributed by atoms with Crippen molar-refractivity contribution in [3.8, 4) is 28.7 Å². The first-order valence-electron chi connectivity index (χ1n) is 17.0. The highest BCUT2D eigenvalue weighted by molar-refractivity contribution is 5.81. The second-order valence-electron chi connectivity index (χ2n) is 11.6. The second kappa shape index (κ2) is 18.2. The summed E-state index contributed by atoms with van der Waals surface area (Å²) in [6.07, 6.45) is 6.35. The Kier molecular flexibility index (Phi) is 13.0. The Hall–Kier alpha value is -5.62. The SMILES string of the molecule is CCOc1ccc(N(CCC=C(c2ccc(OC)cc2)c2ccc(OC)cc2)CCC=C(c2ccc(OC)cc2)c2ccc(OC)cc2)cc1. The van der Waals surface area contributed by atoms with Crippen LogP contribution in [0.1, 0.15) is 42.0 Å². The monoisotopic (exact) mass is 669 g/mol. The van der Waals surface area contributed by atoms with Crippen molar-refractivity contribution < 1.29 is 23.7 Å². The highest BCUT2D eigenvalue weighted by atomic mass is 16.5. The quantitative estimate of drug-likeness (QED) is 0.0983. The van der Waals surface area contributed by atoms with Gasteiger partial charge in [-0.3, -0.25) is 0 Å². The molecule has 0 saturated heterocycles. The Morgan fingerprint density at radius 1 is 0.440 bits per heavy atom. The number of nitrogens with zero attached hydrogens (tertiary/aromatic N) is 1. The topological polar surface area (TPSA) is 49.4 Å². The smallest absolute Gasteiger partial charge is 0.119 e. The third-order valence-electron chi connectivity index (χ3n) is 8.61. The third kappa shape index (κ3) is 9.50. The van der Waals surface area contributed by atoms with Crippen LogP contribution in [0.2, 0.25) is 0 Å². The molecule has 0 bridgehead atoms. The van der Waals surface area contributed by atoms with Crippen LogP contribution >= 0.6 is 0 Å². The molecule has 0 amide bonds. The Morgan fingerprint density at radius 2 is 0.740 bits per heavy atom. The fourth-order valence-electron chi connectivity index (χ4n) is 5.91. The van der Waals surface area contributed by atoms with Gasteiger partial charge in [0.25, 0.3) is 0 Å². The summed E-state index contributed by atoms with van der Waals surface area (Å²) < 4.78 is 27.5. The standard InChI is InChI=1S/C44H47NO5/c1-6-50-42-29-19-37(20-30-42)45(31-7-9-43(33-11-21-38(46-2)22-12-33)34-13-23-39(47-3)24-14-34)32-8-10-44(35-15-25-40(48-4)26-16-35)36-17-27-41(49-5)28-18-36/h9-30H,6-8,31-32H2,1-5H3. The lowest BCUT2D eigenvalue weighted by atomic mass is 9.96. The molecule has 0 aliphatic rings. The fourth-order valence-corrected chi connectivity index (χ4v) is 5.91. The van der Waals surface area contributed by atoms with Gasteiger partial charge >= 0.3 is 0 Å². The van der Waals surface area contributed by atoms with E-state index in [1.165, 1.54) is 11.1 Å². The largest absolute Gasteiger partial charge is 0.497 e. The number of hydrogen-bond acceptors (Lipinski definition) is 6. The first-order chi connectivity index (χ1) is 24.5. The van der Waals surface area contributed by atoms with Crippen molar-refractivity contribution in [3.05, 3.63) is 156 Å². The Morgan fingerprint density at radius 3 is 1.02 bits per heavy atom. The minimum absolute atomic E-state index is 0.637. The van der Waals surface area contributed by atoms with Gasteiger partial charge in [0, 0.05) is 18.8 Å². The Balaban J connectivity index is 1.43. The highest BCUT2D eigenvalue weighted by Crippen LogP contribution is 2.30. The molecule has 0 atom stereocenters. The van der Waals surface area contributed by atoms with E-state index < -0.39 is 0 Å². The van der Waals surface area contributed by atoms with E-state index in [0.29, 0.717) is 6.61 Å². The summed E-state index contributed by atoms with van der Waals surface area (Å²) in [7, 11) is 6.77. The average Bonchev–Trinajstić information content (AvgIpc) is 3.18. The minimum Gasteiger partial charge on any atom is -0.497 e.